The molecule has 110 valence electrons. The molecule has 0 saturated heterocycles. The normalized spacial score (nSPS) is 16.9. The maximum absolute atomic E-state index is 12.3. The minimum Gasteiger partial charge on any atom is -0.482 e. The highest BCUT2D eigenvalue weighted by Crippen LogP contribution is 2.36. The maximum Gasteiger partial charge on any atom is 0.387 e. The van der Waals surface area contributed by atoms with E-state index in [9.17, 15) is 8.78 Å². The first-order valence-electron chi connectivity index (χ1n) is 6.68. The van der Waals surface area contributed by atoms with Gasteiger partial charge in [0.05, 0.1) is 12.2 Å². The van der Waals surface area contributed by atoms with Crippen LogP contribution in [0.4, 0.5) is 14.5 Å². The lowest BCUT2D eigenvalue weighted by atomic mass is 10.1. The third-order valence-corrected chi connectivity index (χ3v) is 3.42. The van der Waals surface area contributed by atoms with Crippen molar-refractivity contribution in [3.63, 3.8) is 0 Å². The largest absolute Gasteiger partial charge is 0.482 e. The Kier molecular flexibility index (Phi) is 3.64. The van der Waals surface area contributed by atoms with E-state index in [1.807, 2.05) is 31.2 Å². The number of aryl methyl sites for hydroxylation is 1. The van der Waals surface area contributed by atoms with Crippen molar-refractivity contribution in [2.24, 2.45) is 0 Å². The van der Waals surface area contributed by atoms with Gasteiger partial charge < -0.3 is 14.8 Å². The van der Waals surface area contributed by atoms with Crippen molar-refractivity contribution in [3.05, 3.63) is 53.6 Å². The Balaban J connectivity index is 1.83. The first-order valence-corrected chi connectivity index (χ1v) is 6.68. The highest BCUT2D eigenvalue weighted by atomic mass is 19.3. The van der Waals surface area contributed by atoms with Crippen LogP contribution in [0, 0.1) is 6.92 Å². The molecule has 3 nitrogen and oxygen atoms in total. The molecule has 2 aromatic rings. The van der Waals surface area contributed by atoms with Crippen LogP contribution in [-0.4, -0.2) is 13.2 Å². The number of anilines is 1. The number of ether oxygens (including phenoxy) is 2. The van der Waals surface area contributed by atoms with Gasteiger partial charge >= 0.3 is 6.61 Å². The summed E-state index contributed by atoms with van der Waals surface area (Å²) in [6.45, 7) is -0.239. The molecule has 0 fully saturated rings. The van der Waals surface area contributed by atoms with Crippen molar-refractivity contribution in [2.75, 3.05) is 11.9 Å². The quantitative estimate of drug-likeness (QED) is 0.921. The Labute approximate surface area is 121 Å². The maximum atomic E-state index is 12.3. The lowest BCUT2D eigenvalue weighted by Gasteiger charge is -2.28. The molecule has 1 N–H and O–H groups in total. The number of alkyl halides is 2. The molecule has 0 amide bonds. The number of para-hydroxylation sites is 1. The van der Waals surface area contributed by atoms with Crippen molar-refractivity contribution >= 4 is 5.69 Å². The second-order valence-corrected chi connectivity index (χ2v) is 4.89. The number of benzene rings is 2. The second kappa shape index (κ2) is 5.60. The summed E-state index contributed by atoms with van der Waals surface area (Å²) in [6, 6.07) is 12.4. The van der Waals surface area contributed by atoms with E-state index < -0.39 is 6.61 Å². The SMILES string of the molecule is Cc1cccc2c1NCC(c1cccc(OC(F)F)c1)O2. The molecule has 0 saturated carbocycles. The topological polar surface area (TPSA) is 30.5 Å². The van der Waals surface area contributed by atoms with Crippen molar-refractivity contribution < 1.29 is 18.3 Å². The fourth-order valence-corrected chi connectivity index (χ4v) is 2.43. The van der Waals surface area contributed by atoms with Crippen molar-refractivity contribution in [3.8, 4) is 11.5 Å². The van der Waals surface area contributed by atoms with Crippen molar-refractivity contribution in [1.29, 1.82) is 0 Å². The molecular formula is C16H15F2NO2. The van der Waals surface area contributed by atoms with E-state index in [0.717, 1.165) is 22.6 Å². The van der Waals surface area contributed by atoms with E-state index in [2.05, 4.69) is 10.1 Å². The van der Waals surface area contributed by atoms with Crippen LogP contribution in [0.15, 0.2) is 42.5 Å². The van der Waals surface area contributed by atoms with Crippen LogP contribution in [0.5, 0.6) is 11.5 Å². The fourth-order valence-electron chi connectivity index (χ4n) is 2.43. The third kappa shape index (κ3) is 2.91. The van der Waals surface area contributed by atoms with Crippen LogP contribution >= 0.6 is 0 Å². The Morgan fingerprint density at radius 1 is 1.24 bits per heavy atom. The molecule has 0 spiro atoms. The molecule has 1 heterocycles. The Bertz CT molecular complexity index is 646. The monoisotopic (exact) mass is 291 g/mol. The summed E-state index contributed by atoms with van der Waals surface area (Å²) in [5.41, 5.74) is 2.89. The lowest BCUT2D eigenvalue weighted by Crippen LogP contribution is -2.24. The summed E-state index contributed by atoms with van der Waals surface area (Å²) in [5, 5.41) is 3.33. The first-order chi connectivity index (χ1) is 10.1. The predicted molar refractivity (Wildman–Crippen MR) is 76.1 cm³/mol. The van der Waals surface area contributed by atoms with Crippen molar-refractivity contribution in [2.45, 2.75) is 19.6 Å². The van der Waals surface area contributed by atoms with E-state index in [1.165, 1.54) is 6.07 Å². The van der Waals surface area contributed by atoms with Crippen LogP contribution in [0.1, 0.15) is 17.2 Å². The Hall–Kier alpha value is -2.30. The third-order valence-electron chi connectivity index (χ3n) is 3.42. The summed E-state index contributed by atoms with van der Waals surface area (Å²) >= 11 is 0. The van der Waals surface area contributed by atoms with Crippen molar-refractivity contribution in [1.82, 2.24) is 0 Å². The predicted octanol–water partition coefficient (Wildman–Crippen LogP) is 4.14. The molecule has 1 unspecified atom stereocenters. The molecule has 0 aromatic heterocycles. The van der Waals surface area contributed by atoms with Gasteiger partial charge in [0.25, 0.3) is 0 Å². The van der Waals surface area contributed by atoms with Gasteiger partial charge in [-0.25, -0.2) is 0 Å². The van der Waals surface area contributed by atoms with Gasteiger partial charge in [0.1, 0.15) is 17.6 Å². The van der Waals surface area contributed by atoms with Gasteiger partial charge in [0, 0.05) is 0 Å². The zero-order valence-corrected chi connectivity index (χ0v) is 11.5. The number of hydrogen-bond acceptors (Lipinski definition) is 3. The minimum atomic E-state index is -2.82. The van der Waals surface area contributed by atoms with Gasteiger partial charge in [-0.15, -0.1) is 0 Å². The van der Waals surface area contributed by atoms with E-state index in [4.69, 9.17) is 4.74 Å². The number of fused-ring (bicyclic) bond motifs is 1. The van der Waals surface area contributed by atoms with E-state index >= 15 is 0 Å². The molecule has 5 heteroatoms. The van der Waals surface area contributed by atoms with E-state index in [0.29, 0.717) is 6.54 Å². The molecular weight excluding hydrogens is 276 g/mol. The van der Waals surface area contributed by atoms with Gasteiger partial charge in [-0.05, 0) is 36.2 Å². The average molecular weight is 291 g/mol. The van der Waals surface area contributed by atoms with Crippen LogP contribution in [-0.2, 0) is 0 Å². The molecule has 21 heavy (non-hydrogen) atoms. The lowest BCUT2D eigenvalue weighted by molar-refractivity contribution is -0.0499. The molecule has 0 bridgehead atoms. The van der Waals surface area contributed by atoms with E-state index in [1.54, 1.807) is 12.1 Å². The van der Waals surface area contributed by atoms with Crippen LogP contribution < -0.4 is 14.8 Å². The van der Waals surface area contributed by atoms with Crippen LogP contribution in [0.25, 0.3) is 0 Å². The summed E-state index contributed by atoms with van der Waals surface area (Å²) in [5.74, 6) is 0.910. The molecule has 0 aliphatic carbocycles. The number of nitrogens with one attached hydrogen (secondary N) is 1. The zero-order chi connectivity index (χ0) is 14.8. The summed E-state index contributed by atoms with van der Waals surface area (Å²) in [6.07, 6.45) is -0.236. The summed E-state index contributed by atoms with van der Waals surface area (Å²) < 4.78 is 34.9. The van der Waals surface area contributed by atoms with Gasteiger partial charge in [-0.3, -0.25) is 0 Å². The molecule has 1 atom stereocenters. The zero-order valence-electron chi connectivity index (χ0n) is 11.5. The fraction of sp³-hybridized carbons (Fsp3) is 0.250. The van der Waals surface area contributed by atoms with Gasteiger partial charge in [0.15, 0.2) is 0 Å². The van der Waals surface area contributed by atoms with Gasteiger partial charge in [-0.2, -0.15) is 8.78 Å². The Morgan fingerprint density at radius 3 is 2.86 bits per heavy atom. The number of hydrogen-bond donors (Lipinski definition) is 1. The van der Waals surface area contributed by atoms with Crippen LogP contribution in [0.3, 0.4) is 0 Å². The standard InChI is InChI=1S/C16H15F2NO2/c1-10-4-2-7-13-15(10)19-9-14(21-13)11-5-3-6-12(8-11)20-16(17)18/h2-8,14,16,19H,9H2,1H3. The molecule has 1 aliphatic heterocycles. The second-order valence-electron chi connectivity index (χ2n) is 4.89. The number of halogens is 2. The van der Waals surface area contributed by atoms with Gasteiger partial charge in [-0.1, -0.05) is 24.3 Å². The van der Waals surface area contributed by atoms with Crippen LogP contribution in [0.2, 0.25) is 0 Å². The molecule has 0 radical (unpaired) electrons. The first kappa shape index (κ1) is 13.7. The molecule has 2 aromatic carbocycles. The summed E-state index contributed by atoms with van der Waals surface area (Å²) in [4.78, 5) is 0. The van der Waals surface area contributed by atoms with E-state index in [-0.39, 0.29) is 11.9 Å². The number of rotatable bonds is 3. The minimum absolute atomic E-state index is 0.140. The average Bonchev–Trinajstić information content (AvgIpc) is 2.47. The molecule has 1 aliphatic rings. The Morgan fingerprint density at radius 2 is 2.05 bits per heavy atom. The highest BCUT2D eigenvalue weighted by molar-refractivity contribution is 5.63. The summed E-state index contributed by atoms with van der Waals surface area (Å²) in [7, 11) is 0. The van der Waals surface area contributed by atoms with Gasteiger partial charge in [0.2, 0.25) is 0 Å². The molecule has 3 rings (SSSR count). The highest BCUT2D eigenvalue weighted by Gasteiger charge is 2.22. The smallest absolute Gasteiger partial charge is 0.387 e.